The van der Waals surface area contributed by atoms with Crippen molar-refractivity contribution >= 4 is 17.6 Å². The van der Waals surface area contributed by atoms with Crippen LogP contribution >= 0.6 is 11.6 Å². The lowest BCUT2D eigenvalue weighted by atomic mass is 10.2. The monoisotopic (exact) mass is 323 g/mol. The highest BCUT2D eigenvalue weighted by atomic mass is 35.5. The summed E-state index contributed by atoms with van der Waals surface area (Å²) >= 11 is 6.17. The predicted molar refractivity (Wildman–Crippen MR) is 83.8 cm³/mol. The van der Waals surface area contributed by atoms with Gasteiger partial charge in [0.05, 0.1) is 22.9 Å². The Morgan fingerprint density at radius 1 is 1.41 bits per heavy atom. The molecule has 0 aliphatic heterocycles. The summed E-state index contributed by atoms with van der Waals surface area (Å²) in [6.07, 6.45) is 2.67. The molecular weight excluding hydrogens is 306 g/mol. The van der Waals surface area contributed by atoms with Gasteiger partial charge in [-0.1, -0.05) is 24.9 Å². The largest absolute Gasteiger partial charge is 0.462 e. The second-order valence-corrected chi connectivity index (χ2v) is 5.19. The number of hydrogen-bond acceptors (Lipinski definition) is 4. The second kappa shape index (κ2) is 7.26. The first kappa shape index (κ1) is 16.3. The molecule has 0 radical (unpaired) electrons. The number of aromatic nitrogens is 3. The summed E-state index contributed by atoms with van der Waals surface area (Å²) in [5.74, 6) is 0.173. The minimum Gasteiger partial charge on any atom is -0.462 e. The second-order valence-electron chi connectivity index (χ2n) is 4.78. The Morgan fingerprint density at radius 2 is 2.18 bits per heavy atom. The summed E-state index contributed by atoms with van der Waals surface area (Å²) in [5, 5.41) is 4.50. The third-order valence-electron chi connectivity index (χ3n) is 3.12. The minimum absolute atomic E-state index is 0.265. The summed E-state index contributed by atoms with van der Waals surface area (Å²) < 4.78 is 6.12. The lowest BCUT2D eigenvalue weighted by Gasteiger charge is -2.06. The fourth-order valence-electron chi connectivity index (χ4n) is 2.01. The van der Waals surface area contributed by atoms with E-state index >= 15 is 0 Å². The zero-order valence-electron chi connectivity index (χ0n) is 12.6. The topological polar surface area (TPSA) is 77.0 Å². The van der Waals surface area contributed by atoms with Gasteiger partial charge < -0.3 is 4.74 Å². The van der Waals surface area contributed by atoms with Gasteiger partial charge in [0.2, 0.25) is 0 Å². The van der Waals surface area contributed by atoms with Crippen molar-refractivity contribution in [2.75, 3.05) is 6.61 Å². The Labute approximate surface area is 133 Å². The number of H-pyrrole nitrogens is 1. The van der Waals surface area contributed by atoms with Gasteiger partial charge in [0, 0.05) is 6.42 Å². The molecule has 0 aliphatic rings. The fourth-order valence-corrected chi connectivity index (χ4v) is 2.27. The Bertz CT molecular complexity index is 721. The smallest absolute Gasteiger partial charge is 0.348 e. The molecule has 0 fully saturated rings. The van der Waals surface area contributed by atoms with Crippen molar-refractivity contribution in [1.29, 1.82) is 0 Å². The van der Waals surface area contributed by atoms with Gasteiger partial charge >= 0.3 is 11.7 Å². The van der Waals surface area contributed by atoms with Crippen molar-refractivity contribution in [3.05, 3.63) is 45.1 Å². The quantitative estimate of drug-likeness (QED) is 0.829. The Balaban J connectivity index is 2.31. The van der Waals surface area contributed by atoms with E-state index in [2.05, 4.69) is 17.0 Å². The zero-order valence-corrected chi connectivity index (χ0v) is 13.3. The molecule has 22 heavy (non-hydrogen) atoms. The van der Waals surface area contributed by atoms with Gasteiger partial charge in [0.15, 0.2) is 0 Å². The number of carbonyl (C=O) groups excluding carboxylic acids is 1. The Hall–Kier alpha value is -2.08. The average molecular weight is 324 g/mol. The van der Waals surface area contributed by atoms with Gasteiger partial charge in [-0.15, -0.1) is 0 Å². The van der Waals surface area contributed by atoms with Gasteiger partial charge in [-0.25, -0.2) is 9.59 Å². The van der Waals surface area contributed by atoms with Crippen molar-refractivity contribution in [1.82, 2.24) is 14.8 Å². The highest BCUT2D eigenvalue weighted by Gasteiger charge is 2.13. The number of carbonyl (C=O) groups is 1. The van der Waals surface area contributed by atoms with Gasteiger partial charge in [-0.05, 0) is 31.5 Å². The van der Waals surface area contributed by atoms with Gasteiger partial charge in [0.25, 0.3) is 0 Å². The number of aromatic amines is 1. The van der Waals surface area contributed by atoms with Crippen LogP contribution in [0.5, 0.6) is 0 Å². The van der Waals surface area contributed by atoms with Crippen LogP contribution in [-0.4, -0.2) is 27.3 Å². The maximum Gasteiger partial charge on any atom is 0.348 e. The van der Waals surface area contributed by atoms with E-state index in [1.807, 2.05) is 0 Å². The average Bonchev–Trinajstić information content (AvgIpc) is 2.86. The molecule has 0 bridgehead atoms. The first-order valence-electron chi connectivity index (χ1n) is 7.22. The number of ether oxygens (including phenoxy) is 1. The van der Waals surface area contributed by atoms with Gasteiger partial charge in [-0.2, -0.15) is 9.78 Å². The molecule has 7 heteroatoms. The van der Waals surface area contributed by atoms with E-state index in [9.17, 15) is 9.59 Å². The van der Waals surface area contributed by atoms with Crippen LogP contribution in [-0.2, 0) is 11.2 Å². The molecule has 0 atom stereocenters. The number of hydrogen-bond donors (Lipinski definition) is 1. The lowest BCUT2D eigenvalue weighted by Crippen LogP contribution is -2.16. The number of unbranched alkanes of at least 4 members (excludes halogenated alkanes) is 1. The minimum atomic E-state index is -0.450. The lowest BCUT2D eigenvalue weighted by molar-refractivity contribution is 0.0526. The molecule has 2 aromatic rings. The Kier molecular flexibility index (Phi) is 5.38. The molecule has 0 spiro atoms. The fraction of sp³-hybridized carbons (Fsp3) is 0.400. The molecule has 0 saturated carbocycles. The van der Waals surface area contributed by atoms with Crippen molar-refractivity contribution in [3.63, 3.8) is 0 Å². The molecule has 1 aromatic heterocycles. The number of halogens is 1. The number of esters is 1. The van der Waals surface area contributed by atoms with Crippen molar-refractivity contribution in [3.8, 4) is 5.69 Å². The third kappa shape index (κ3) is 3.57. The van der Waals surface area contributed by atoms with Crippen molar-refractivity contribution in [2.24, 2.45) is 0 Å². The van der Waals surface area contributed by atoms with E-state index in [0.29, 0.717) is 23.5 Å². The van der Waals surface area contributed by atoms with Crippen molar-refractivity contribution in [2.45, 2.75) is 33.1 Å². The maximum absolute atomic E-state index is 12.0. The molecule has 0 amide bonds. The molecular formula is C15H18ClN3O3. The van der Waals surface area contributed by atoms with Gasteiger partial charge in [-0.3, -0.25) is 4.98 Å². The number of rotatable bonds is 6. The van der Waals surface area contributed by atoms with E-state index in [4.69, 9.17) is 16.3 Å². The SMILES string of the molecule is CCCCc1nn(-c2ccc(C(=O)OCC)cc2Cl)c(=O)[nH]1. The van der Waals surface area contributed by atoms with E-state index in [1.165, 1.54) is 10.7 Å². The molecule has 0 saturated heterocycles. The van der Waals surface area contributed by atoms with E-state index in [0.717, 1.165) is 12.8 Å². The van der Waals surface area contributed by atoms with Crippen LogP contribution in [0.4, 0.5) is 0 Å². The van der Waals surface area contributed by atoms with Crippen molar-refractivity contribution < 1.29 is 9.53 Å². The van der Waals surface area contributed by atoms with Crippen LogP contribution in [0.3, 0.4) is 0 Å². The molecule has 0 aliphatic carbocycles. The molecule has 0 unspecified atom stereocenters. The van der Waals surface area contributed by atoms with Crippen LogP contribution in [0.25, 0.3) is 5.69 Å². The van der Waals surface area contributed by atoms with Gasteiger partial charge in [0.1, 0.15) is 5.82 Å². The van der Waals surface area contributed by atoms with Crippen LogP contribution in [0.1, 0.15) is 42.9 Å². The number of benzene rings is 1. The summed E-state index contributed by atoms with van der Waals surface area (Å²) in [6.45, 7) is 4.09. The van der Waals surface area contributed by atoms with Crippen LogP contribution < -0.4 is 5.69 Å². The summed E-state index contributed by atoms with van der Waals surface area (Å²) in [5.41, 5.74) is 0.418. The molecule has 1 N–H and O–H groups in total. The highest BCUT2D eigenvalue weighted by Crippen LogP contribution is 2.21. The summed E-state index contributed by atoms with van der Waals surface area (Å²) in [7, 11) is 0. The summed E-state index contributed by atoms with van der Waals surface area (Å²) in [4.78, 5) is 26.3. The van der Waals surface area contributed by atoms with E-state index < -0.39 is 5.97 Å². The van der Waals surface area contributed by atoms with Crippen LogP contribution in [0.2, 0.25) is 5.02 Å². The standard InChI is InChI=1S/C15H18ClN3O3/c1-3-5-6-13-17-15(21)19(18-13)12-8-7-10(9-11(12)16)14(20)22-4-2/h7-9H,3-6H2,1-2H3,(H,17,18,21). The van der Waals surface area contributed by atoms with E-state index in [1.54, 1.807) is 19.1 Å². The Morgan fingerprint density at radius 3 is 2.82 bits per heavy atom. The summed E-state index contributed by atoms with van der Waals surface area (Å²) in [6, 6.07) is 4.62. The first-order chi connectivity index (χ1) is 10.6. The highest BCUT2D eigenvalue weighted by molar-refractivity contribution is 6.32. The molecule has 1 aromatic carbocycles. The third-order valence-corrected chi connectivity index (χ3v) is 3.42. The maximum atomic E-state index is 12.0. The molecule has 2 rings (SSSR count). The number of nitrogens with zero attached hydrogens (tertiary/aromatic N) is 2. The number of aryl methyl sites for hydroxylation is 1. The number of nitrogens with one attached hydrogen (secondary N) is 1. The first-order valence-corrected chi connectivity index (χ1v) is 7.59. The normalized spacial score (nSPS) is 10.7. The molecule has 1 heterocycles. The van der Waals surface area contributed by atoms with Crippen LogP contribution in [0, 0.1) is 0 Å². The van der Waals surface area contributed by atoms with Crippen LogP contribution in [0.15, 0.2) is 23.0 Å². The molecule has 118 valence electrons. The zero-order chi connectivity index (χ0) is 16.1. The van der Waals surface area contributed by atoms with E-state index in [-0.39, 0.29) is 17.3 Å². The molecule has 6 nitrogen and oxygen atoms in total. The predicted octanol–water partition coefficient (Wildman–Crippen LogP) is 2.73.